The lowest BCUT2D eigenvalue weighted by molar-refractivity contribution is 0.340. The van der Waals surface area contributed by atoms with Crippen molar-refractivity contribution < 1.29 is 4.74 Å². The fourth-order valence-electron chi connectivity index (χ4n) is 2.20. The van der Waals surface area contributed by atoms with Crippen molar-refractivity contribution in [1.82, 2.24) is 0 Å². The molecule has 2 aromatic carbocycles. The highest BCUT2D eigenvalue weighted by atomic mass is 79.9. The van der Waals surface area contributed by atoms with Gasteiger partial charge in [0.2, 0.25) is 0 Å². The number of nitrogens with one attached hydrogen (secondary N) is 1. The van der Waals surface area contributed by atoms with Crippen LogP contribution in [0.1, 0.15) is 18.1 Å². The van der Waals surface area contributed by atoms with Gasteiger partial charge in [-0.15, -0.1) is 0 Å². The van der Waals surface area contributed by atoms with Gasteiger partial charge in [0, 0.05) is 33.7 Å². The minimum atomic E-state index is 0.624. The Morgan fingerprint density at radius 2 is 1.75 bits per heavy atom. The van der Waals surface area contributed by atoms with Gasteiger partial charge >= 0.3 is 0 Å². The van der Waals surface area contributed by atoms with Crippen molar-refractivity contribution in [3.63, 3.8) is 0 Å². The fraction of sp³-hybridized carbons (Fsp3) is 0.250. The van der Waals surface area contributed by atoms with Crippen molar-refractivity contribution in [2.45, 2.75) is 20.8 Å². The summed E-state index contributed by atoms with van der Waals surface area (Å²) < 4.78 is 6.60. The molecule has 3 N–H and O–H groups in total. The lowest BCUT2D eigenvalue weighted by atomic mass is 10.1. The summed E-state index contributed by atoms with van der Waals surface area (Å²) in [5.74, 6) is 0.780. The van der Waals surface area contributed by atoms with E-state index in [9.17, 15) is 0 Å². The smallest absolute Gasteiger partial charge is 0.123 e. The highest BCUT2D eigenvalue weighted by molar-refractivity contribution is 9.10. The number of halogens is 1. The van der Waals surface area contributed by atoms with Gasteiger partial charge in [-0.05, 0) is 50.1 Å². The number of aryl methyl sites for hydroxylation is 2. The predicted molar refractivity (Wildman–Crippen MR) is 88.9 cm³/mol. The van der Waals surface area contributed by atoms with Gasteiger partial charge in [0.15, 0.2) is 0 Å². The molecule has 0 saturated heterocycles. The molecule has 0 aromatic heterocycles. The van der Waals surface area contributed by atoms with Gasteiger partial charge < -0.3 is 15.8 Å². The van der Waals surface area contributed by atoms with E-state index in [-0.39, 0.29) is 0 Å². The van der Waals surface area contributed by atoms with Gasteiger partial charge in [0.05, 0.1) is 6.61 Å². The Morgan fingerprint density at radius 3 is 2.35 bits per heavy atom. The van der Waals surface area contributed by atoms with Crippen molar-refractivity contribution >= 4 is 33.0 Å². The van der Waals surface area contributed by atoms with E-state index in [1.54, 1.807) is 0 Å². The van der Waals surface area contributed by atoms with E-state index < -0.39 is 0 Å². The minimum Gasteiger partial charge on any atom is -0.494 e. The molecule has 4 heteroatoms. The summed E-state index contributed by atoms with van der Waals surface area (Å²) in [7, 11) is 0. The number of hydrogen-bond acceptors (Lipinski definition) is 3. The molecule has 0 radical (unpaired) electrons. The molecule has 20 heavy (non-hydrogen) atoms. The number of anilines is 3. The predicted octanol–water partition coefficient (Wildman–Crippen LogP) is 4.79. The molecular formula is C16H19BrN2O. The molecule has 0 aliphatic heterocycles. The average Bonchev–Trinajstić information content (AvgIpc) is 2.33. The van der Waals surface area contributed by atoms with Crippen LogP contribution in [0.4, 0.5) is 17.1 Å². The van der Waals surface area contributed by atoms with E-state index in [2.05, 4.69) is 47.2 Å². The number of nitrogens with two attached hydrogens (primary N) is 1. The molecule has 2 rings (SSSR count). The first-order chi connectivity index (χ1) is 9.49. The normalized spacial score (nSPS) is 10.4. The number of rotatable bonds is 4. The number of ether oxygens (including phenoxy) is 1. The molecule has 0 aliphatic rings. The van der Waals surface area contributed by atoms with E-state index in [4.69, 9.17) is 10.5 Å². The summed E-state index contributed by atoms with van der Waals surface area (Å²) in [4.78, 5) is 0. The Kier molecular flexibility index (Phi) is 4.55. The third-order valence-electron chi connectivity index (χ3n) is 3.01. The maximum atomic E-state index is 5.92. The van der Waals surface area contributed by atoms with Crippen LogP contribution in [0.5, 0.6) is 5.75 Å². The fourth-order valence-corrected chi connectivity index (χ4v) is 2.88. The first kappa shape index (κ1) is 14.7. The highest BCUT2D eigenvalue weighted by Crippen LogP contribution is 2.30. The lowest BCUT2D eigenvalue weighted by Gasteiger charge is -2.15. The average molecular weight is 335 g/mol. The second-order valence-electron chi connectivity index (χ2n) is 4.76. The Morgan fingerprint density at radius 1 is 1.10 bits per heavy atom. The van der Waals surface area contributed by atoms with Crippen molar-refractivity contribution in [2.75, 3.05) is 17.7 Å². The number of hydrogen-bond donors (Lipinski definition) is 2. The Hall–Kier alpha value is -1.68. The van der Waals surface area contributed by atoms with Gasteiger partial charge in [0.25, 0.3) is 0 Å². The Balaban J connectivity index is 2.35. The molecular weight excluding hydrogens is 316 g/mol. The summed E-state index contributed by atoms with van der Waals surface area (Å²) in [6, 6.07) is 9.87. The quantitative estimate of drug-likeness (QED) is 0.790. The maximum Gasteiger partial charge on any atom is 0.123 e. The van der Waals surface area contributed by atoms with Crippen molar-refractivity contribution in [2.24, 2.45) is 0 Å². The van der Waals surface area contributed by atoms with Crippen molar-refractivity contribution in [3.05, 3.63) is 45.9 Å². The van der Waals surface area contributed by atoms with Gasteiger partial charge in [0.1, 0.15) is 5.75 Å². The largest absolute Gasteiger partial charge is 0.494 e. The zero-order valence-corrected chi connectivity index (χ0v) is 13.5. The van der Waals surface area contributed by atoms with Gasteiger partial charge in [-0.1, -0.05) is 15.9 Å². The minimum absolute atomic E-state index is 0.624. The third kappa shape index (κ3) is 3.45. The molecule has 0 atom stereocenters. The van der Waals surface area contributed by atoms with E-state index in [1.165, 1.54) is 11.1 Å². The van der Waals surface area contributed by atoms with Crippen molar-refractivity contribution in [1.29, 1.82) is 0 Å². The van der Waals surface area contributed by atoms with Crippen molar-refractivity contribution in [3.8, 4) is 5.75 Å². The first-order valence-corrected chi connectivity index (χ1v) is 7.36. The second kappa shape index (κ2) is 6.18. The maximum absolute atomic E-state index is 5.92. The molecule has 0 aliphatic carbocycles. The number of nitrogen functional groups attached to an aromatic ring is 1. The summed E-state index contributed by atoms with van der Waals surface area (Å²) in [5, 5.41) is 3.43. The molecule has 0 heterocycles. The zero-order chi connectivity index (χ0) is 14.7. The van der Waals surface area contributed by atoms with E-state index in [0.717, 1.165) is 21.6 Å². The Labute approximate surface area is 128 Å². The highest BCUT2D eigenvalue weighted by Gasteiger charge is 2.06. The molecule has 0 saturated carbocycles. The van der Waals surface area contributed by atoms with Crippen LogP contribution in [0, 0.1) is 13.8 Å². The lowest BCUT2D eigenvalue weighted by Crippen LogP contribution is -1.99. The molecule has 0 spiro atoms. The van der Waals surface area contributed by atoms with E-state index in [1.807, 2.05) is 25.1 Å². The SMILES string of the molecule is CCOc1cc(N)cc(Nc2c(C)cc(Br)cc2C)c1. The van der Waals surface area contributed by atoms with Crippen LogP contribution in [-0.4, -0.2) is 6.61 Å². The number of benzene rings is 2. The van der Waals surface area contributed by atoms with Gasteiger partial charge in [-0.25, -0.2) is 0 Å². The van der Waals surface area contributed by atoms with Crippen LogP contribution >= 0.6 is 15.9 Å². The molecule has 0 unspecified atom stereocenters. The monoisotopic (exact) mass is 334 g/mol. The van der Waals surface area contributed by atoms with Crippen LogP contribution in [-0.2, 0) is 0 Å². The summed E-state index contributed by atoms with van der Waals surface area (Å²) >= 11 is 3.51. The topological polar surface area (TPSA) is 47.3 Å². The third-order valence-corrected chi connectivity index (χ3v) is 3.46. The van der Waals surface area contributed by atoms with Crippen LogP contribution in [0.15, 0.2) is 34.8 Å². The van der Waals surface area contributed by atoms with Crippen LogP contribution in [0.25, 0.3) is 0 Å². The first-order valence-electron chi connectivity index (χ1n) is 6.56. The zero-order valence-electron chi connectivity index (χ0n) is 12.0. The van der Waals surface area contributed by atoms with E-state index in [0.29, 0.717) is 12.3 Å². The molecule has 106 valence electrons. The van der Waals surface area contributed by atoms with Crippen LogP contribution < -0.4 is 15.8 Å². The second-order valence-corrected chi connectivity index (χ2v) is 5.68. The standard InChI is InChI=1S/C16H19BrN2O/c1-4-20-15-8-13(18)7-14(9-15)19-16-10(2)5-12(17)6-11(16)3/h5-9,19H,4,18H2,1-3H3. The summed E-state index contributed by atoms with van der Waals surface area (Å²) in [6.07, 6.45) is 0. The van der Waals surface area contributed by atoms with E-state index >= 15 is 0 Å². The van der Waals surface area contributed by atoms with Gasteiger partial charge in [-0.3, -0.25) is 0 Å². The molecule has 2 aromatic rings. The molecule has 3 nitrogen and oxygen atoms in total. The van der Waals surface area contributed by atoms with Crippen LogP contribution in [0.3, 0.4) is 0 Å². The van der Waals surface area contributed by atoms with Crippen LogP contribution in [0.2, 0.25) is 0 Å². The van der Waals surface area contributed by atoms with Gasteiger partial charge in [-0.2, -0.15) is 0 Å². The summed E-state index contributed by atoms with van der Waals surface area (Å²) in [5.41, 5.74) is 11.0. The molecule has 0 amide bonds. The molecule has 0 fully saturated rings. The summed E-state index contributed by atoms with van der Waals surface area (Å²) in [6.45, 7) is 6.74. The molecule has 0 bridgehead atoms. The Bertz CT molecular complexity index is 603.